The number of hydrogen-bond acceptors (Lipinski definition) is 3. The molecule has 0 radical (unpaired) electrons. The van der Waals surface area contributed by atoms with Crippen LogP contribution in [-0.4, -0.2) is 42.6 Å². The highest BCUT2D eigenvalue weighted by molar-refractivity contribution is 5.85. The molecule has 8 heteroatoms. The summed E-state index contributed by atoms with van der Waals surface area (Å²) in [5, 5.41) is 3.25. The van der Waals surface area contributed by atoms with Gasteiger partial charge in [-0.2, -0.15) is 13.2 Å². The van der Waals surface area contributed by atoms with Crippen LogP contribution in [0.5, 0.6) is 0 Å². The fourth-order valence-electron chi connectivity index (χ4n) is 2.88. The highest BCUT2D eigenvalue weighted by Crippen LogP contribution is 2.31. The maximum absolute atomic E-state index is 12.6. The number of amides is 1. The Balaban J connectivity index is 0.00000225. The lowest BCUT2D eigenvalue weighted by molar-refractivity contribution is -0.137. The summed E-state index contributed by atoms with van der Waals surface area (Å²) in [5.74, 6) is 0.0281. The van der Waals surface area contributed by atoms with Gasteiger partial charge in [0, 0.05) is 31.6 Å². The van der Waals surface area contributed by atoms with Crippen LogP contribution in [0.4, 0.5) is 13.2 Å². The maximum Gasteiger partial charge on any atom is 0.416 e. The van der Waals surface area contributed by atoms with Crippen molar-refractivity contribution in [3.05, 3.63) is 35.4 Å². The summed E-state index contributed by atoms with van der Waals surface area (Å²) in [7, 11) is 0. The third-order valence-electron chi connectivity index (χ3n) is 4.36. The summed E-state index contributed by atoms with van der Waals surface area (Å²) in [6, 6.07) is 5.27. The number of morpholine rings is 1. The Morgan fingerprint density at radius 2 is 1.92 bits per heavy atom. The molecule has 1 aliphatic heterocycles. The Kier molecular flexibility index (Phi) is 6.71. The van der Waals surface area contributed by atoms with E-state index < -0.39 is 11.7 Å². The molecule has 0 spiro atoms. The minimum Gasteiger partial charge on any atom is -0.378 e. The Morgan fingerprint density at radius 3 is 2.44 bits per heavy atom. The molecule has 0 bridgehead atoms. The minimum absolute atomic E-state index is 0. The zero-order valence-corrected chi connectivity index (χ0v) is 14.5. The van der Waals surface area contributed by atoms with E-state index in [1.165, 1.54) is 12.1 Å². The molecule has 1 N–H and O–H groups in total. The highest BCUT2D eigenvalue weighted by atomic mass is 35.5. The number of nitrogens with zero attached hydrogens (tertiary/aromatic N) is 1. The molecule has 3 rings (SSSR count). The lowest BCUT2D eigenvalue weighted by Gasteiger charge is -2.28. The largest absolute Gasteiger partial charge is 0.416 e. The Morgan fingerprint density at radius 1 is 1.24 bits per heavy atom. The lowest BCUT2D eigenvalue weighted by atomic mass is 10.1. The molecule has 140 valence electrons. The van der Waals surface area contributed by atoms with Gasteiger partial charge in [-0.3, -0.25) is 4.79 Å². The van der Waals surface area contributed by atoms with Crippen molar-refractivity contribution in [3.63, 3.8) is 0 Å². The van der Waals surface area contributed by atoms with Gasteiger partial charge < -0.3 is 15.0 Å². The van der Waals surface area contributed by atoms with E-state index in [9.17, 15) is 18.0 Å². The van der Waals surface area contributed by atoms with Crippen molar-refractivity contribution < 1.29 is 22.7 Å². The molecule has 1 amide bonds. The molecule has 1 saturated carbocycles. The van der Waals surface area contributed by atoms with Crippen LogP contribution in [0.15, 0.2) is 24.3 Å². The van der Waals surface area contributed by atoms with Crippen molar-refractivity contribution in [1.29, 1.82) is 0 Å². The maximum atomic E-state index is 12.6. The second-order valence-electron chi connectivity index (χ2n) is 6.38. The molecule has 0 aromatic heterocycles. The first-order valence-corrected chi connectivity index (χ1v) is 8.20. The van der Waals surface area contributed by atoms with Crippen LogP contribution >= 0.6 is 12.4 Å². The minimum atomic E-state index is -4.34. The molecule has 1 aromatic carbocycles. The van der Waals surface area contributed by atoms with Crippen LogP contribution in [-0.2, 0) is 22.3 Å². The molecular weight excluding hydrogens is 357 g/mol. The molecule has 2 fully saturated rings. The summed E-state index contributed by atoms with van der Waals surface area (Å²) < 4.78 is 43.2. The average molecular weight is 379 g/mol. The van der Waals surface area contributed by atoms with E-state index in [1.807, 2.05) is 0 Å². The van der Waals surface area contributed by atoms with Crippen LogP contribution in [0.2, 0.25) is 0 Å². The number of carbonyl (C=O) groups excluding carboxylic acids is 1. The average Bonchev–Trinajstić information content (AvgIpc) is 3.38. The first kappa shape index (κ1) is 20.0. The number of benzene rings is 1. The standard InChI is InChI=1S/C17H21F3N2O2.ClH/c18-17(19,20)13-3-1-12(2-4-13)10-22(15-5-6-15)16(23)9-14-11-24-8-7-21-14;/h1-4,14-15,21H,5-11H2;1H. The zero-order valence-electron chi connectivity index (χ0n) is 13.7. The van der Waals surface area contributed by atoms with Gasteiger partial charge in [0.05, 0.1) is 18.8 Å². The van der Waals surface area contributed by atoms with Gasteiger partial charge in [-0.15, -0.1) is 12.4 Å². The van der Waals surface area contributed by atoms with Crippen molar-refractivity contribution >= 4 is 18.3 Å². The van der Waals surface area contributed by atoms with E-state index in [1.54, 1.807) is 4.90 Å². The molecule has 2 aliphatic rings. The zero-order chi connectivity index (χ0) is 17.2. The Bertz CT molecular complexity index is 570. The molecule has 4 nitrogen and oxygen atoms in total. The Labute approximate surface area is 151 Å². The van der Waals surface area contributed by atoms with Gasteiger partial charge >= 0.3 is 6.18 Å². The molecule has 1 aromatic rings. The van der Waals surface area contributed by atoms with Gasteiger partial charge in [-0.1, -0.05) is 12.1 Å². The highest BCUT2D eigenvalue weighted by Gasteiger charge is 2.34. The fourth-order valence-corrected chi connectivity index (χ4v) is 2.88. The second kappa shape index (κ2) is 8.38. The third-order valence-corrected chi connectivity index (χ3v) is 4.36. The topological polar surface area (TPSA) is 41.6 Å². The Hall–Kier alpha value is -1.31. The molecule has 1 aliphatic carbocycles. The number of carbonyl (C=O) groups is 1. The van der Waals surface area contributed by atoms with Gasteiger partial charge in [-0.25, -0.2) is 0 Å². The van der Waals surface area contributed by atoms with E-state index in [2.05, 4.69) is 5.32 Å². The first-order chi connectivity index (χ1) is 11.4. The van der Waals surface area contributed by atoms with Gasteiger partial charge in [-0.05, 0) is 30.5 Å². The lowest BCUT2D eigenvalue weighted by Crippen LogP contribution is -2.45. The summed E-state index contributed by atoms with van der Waals surface area (Å²) in [6.45, 7) is 2.27. The van der Waals surface area contributed by atoms with E-state index in [0.29, 0.717) is 26.2 Å². The number of rotatable bonds is 5. The van der Waals surface area contributed by atoms with Crippen LogP contribution in [0.25, 0.3) is 0 Å². The van der Waals surface area contributed by atoms with Crippen molar-refractivity contribution in [2.75, 3.05) is 19.8 Å². The predicted octanol–water partition coefficient (Wildman–Crippen LogP) is 3.00. The molecule has 1 saturated heterocycles. The van der Waals surface area contributed by atoms with Gasteiger partial charge in [0.1, 0.15) is 0 Å². The number of halogens is 4. The number of ether oxygens (including phenoxy) is 1. The third kappa shape index (κ3) is 5.59. The van der Waals surface area contributed by atoms with Crippen LogP contribution in [0.1, 0.15) is 30.4 Å². The molecule has 1 atom stereocenters. The number of alkyl halides is 3. The first-order valence-electron chi connectivity index (χ1n) is 8.20. The summed E-state index contributed by atoms with van der Waals surface area (Å²) in [5.41, 5.74) is 0.0511. The quantitative estimate of drug-likeness (QED) is 0.856. The van der Waals surface area contributed by atoms with Gasteiger partial charge in [0.2, 0.25) is 5.91 Å². The van der Waals surface area contributed by atoms with E-state index in [4.69, 9.17) is 4.74 Å². The van der Waals surface area contributed by atoms with E-state index in [0.717, 1.165) is 37.1 Å². The molecular formula is C17H22ClF3N2O2. The molecule has 25 heavy (non-hydrogen) atoms. The van der Waals surface area contributed by atoms with Crippen molar-refractivity contribution in [1.82, 2.24) is 10.2 Å². The van der Waals surface area contributed by atoms with Crippen LogP contribution in [0, 0.1) is 0 Å². The molecule has 1 heterocycles. The summed E-state index contributed by atoms with van der Waals surface area (Å²) in [4.78, 5) is 14.4. The van der Waals surface area contributed by atoms with Crippen LogP contribution < -0.4 is 5.32 Å². The van der Waals surface area contributed by atoms with Crippen molar-refractivity contribution in [2.45, 2.75) is 44.1 Å². The fraction of sp³-hybridized carbons (Fsp3) is 0.588. The second-order valence-corrected chi connectivity index (χ2v) is 6.38. The van der Waals surface area contributed by atoms with E-state index >= 15 is 0 Å². The normalized spacial score (nSPS) is 20.7. The monoisotopic (exact) mass is 378 g/mol. The van der Waals surface area contributed by atoms with Crippen LogP contribution in [0.3, 0.4) is 0 Å². The molecule has 1 unspecified atom stereocenters. The van der Waals surface area contributed by atoms with Crippen molar-refractivity contribution in [2.24, 2.45) is 0 Å². The number of nitrogens with one attached hydrogen (secondary N) is 1. The summed E-state index contributed by atoms with van der Waals surface area (Å²) >= 11 is 0. The smallest absolute Gasteiger partial charge is 0.378 e. The van der Waals surface area contributed by atoms with Gasteiger partial charge in [0.25, 0.3) is 0 Å². The van der Waals surface area contributed by atoms with Gasteiger partial charge in [0.15, 0.2) is 0 Å². The van der Waals surface area contributed by atoms with E-state index in [-0.39, 0.29) is 30.4 Å². The SMILES string of the molecule is Cl.O=C(CC1COCCN1)N(Cc1ccc(C(F)(F)F)cc1)C1CC1. The van der Waals surface area contributed by atoms with Crippen molar-refractivity contribution in [3.8, 4) is 0 Å². The number of hydrogen-bond donors (Lipinski definition) is 1. The summed E-state index contributed by atoms with van der Waals surface area (Å²) in [6.07, 6.45) is -2.06. The predicted molar refractivity (Wildman–Crippen MR) is 89.5 cm³/mol.